The normalized spacial score (nSPS) is 14.9. The third kappa shape index (κ3) is 41.4. The van der Waals surface area contributed by atoms with Crippen molar-refractivity contribution >= 4 is 19.8 Å². The van der Waals surface area contributed by atoms with Crippen LogP contribution >= 0.6 is 7.82 Å². The molecule has 0 aromatic rings. The molecule has 2 unspecified atom stereocenters. The number of nitrogens with zero attached hydrogens (tertiary/aromatic N) is 1. The van der Waals surface area contributed by atoms with E-state index in [0.717, 1.165) is 77.0 Å². The molecule has 328 valence electrons. The number of carbonyl (C=O) groups is 2. The molecule has 0 rings (SSSR count). The van der Waals surface area contributed by atoms with Gasteiger partial charge in [0.25, 0.3) is 0 Å². The van der Waals surface area contributed by atoms with Crippen molar-refractivity contribution in [2.24, 2.45) is 0 Å². The van der Waals surface area contributed by atoms with Crippen molar-refractivity contribution in [1.29, 1.82) is 0 Å². The molecular weight excluding hydrogens is 741 g/mol. The predicted octanol–water partition coefficient (Wildman–Crippen LogP) is 11.2. The van der Waals surface area contributed by atoms with Crippen molar-refractivity contribution in [3.8, 4) is 0 Å². The van der Waals surface area contributed by atoms with Gasteiger partial charge in [-0.15, -0.1) is 0 Å². The smallest absolute Gasteiger partial charge is 0.462 e. The van der Waals surface area contributed by atoms with E-state index in [2.05, 4.69) is 56.4 Å². The van der Waals surface area contributed by atoms with E-state index in [4.69, 9.17) is 18.5 Å². The van der Waals surface area contributed by atoms with Crippen LogP contribution in [0, 0.1) is 0 Å². The zero-order valence-corrected chi connectivity index (χ0v) is 37.3. The van der Waals surface area contributed by atoms with Gasteiger partial charge < -0.3 is 24.0 Å². The van der Waals surface area contributed by atoms with Crippen molar-refractivity contribution in [1.82, 2.24) is 0 Å². The first-order valence-corrected chi connectivity index (χ1v) is 23.3. The van der Waals surface area contributed by atoms with E-state index in [0.29, 0.717) is 30.3 Å². The van der Waals surface area contributed by atoms with Gasteiger partial charge in [-0.1, -0.05) is 132 Å². The van der Waals surface area contributed by atoms with Crippen molar-refractivity contribution < 1.29 is 47.2 Å². The maximum atomic E-state index is 12.7. The lowest BCUT2D eigenvalue weighted by molar-refractivity contribution is -0.870. The lowest BCUT2D eigenvalue weighted by Gasteiger charge is -2.24. The molecule has 0 saturated carbocycles. The summed E-state index contributed by atoms with van der Waals surface area (Å²) in [6.07, 6.45) is 42.8. The van der Waals surface area contributed by atoms with E-state index < -0.39 is 38.6 Å². The summed E-state index contributed by atoms with van der Waals surface area (Å²) in [6.45, 7) is 4.09. The summed E-state index contributed by atoms with van der Waals surface area (Å²) in [7, 11) is 1.40. The number of aliphatic hydroxyl groups excluding tert-OH is 1. The number of allylic oxidation sites excluding steroid dienone is 10. The molecule has 3 atom stereocenters. The summed E-state index contributed by atoms with van der Waals surface area (Å²) in [4.78, 5) is 35.4. The SMILES string of the molecule is CC/C=C/CC(O)/C=C/C=C/CCCCCCCC(=O)OC[C@H](COP(=O)(O)OCC[N+](C)(C)C)OC(=O)CCCCCC/C=C\C/C=C\C/C=C\CCCCC. The van der Waals surface area contributed by atoms with Gasteiger partial charge in [-0.05, 0) is 77.0 Å². The van der Waals surface area contributed by atoms with Gasteiger partial charge in [0.05, 0.1) is 33.9 Å². The molecule has 0 amide bonds. The number of unbranched alkanes of at least 4 members (excludes halogenated alkanes) is 12. The molecule has 0 aromatic carbocycles. The van der Waals surface area contributed by atoms with Gasteiger partial charge in [0, 0.05) is 12.8 Å². The molecular formula is C46H81NO9P+. The fourth-order valence-electron chi connectivity index (χ4n) is 5.35. The number of esters is 2. The highest BCUT2D eigenvalue weighted by atomic mass is 31.2. The van der Waals surface area contributed by atoms with Gasteiger partial charge >= 0.3 is 19.8 Å². The van der Waals surface area contributed by atoms with E-state index >= 15 is 0 Å². The first kappa shape index (κ1) is 54.4. The Labute approximate surface area is 347 Å². The minimum absolute atomic E-state index is 0.0111. The molecule has 0 heterocycles. The molecule has 10 nitrogen and oxygen atoms in total. The standard InChI is InChI=1S/C46H80NO9P/c1-6-8-10-11-12-13-14-15-16-17-18-19-20-23-27-30-34-38-46(50)56-44(42-55-57(51,52)54-40-39-47(3,4)5)41-53-45(49)37-33-29-26-24-21-22-25-28-32-36-43(48)35-31-9-7-2/h9,12-13,15-16,18-19,25,28,31-32,36,43-44,48H,6-8,10-11,14,17,20-24,26-27,29-30,33-35,37-42H2,1-5H3/p+1/b13-12-,16-15-,19-18-,28-25+,31-9+,36-32+/t43?,44-/m1/s1. The Morgan fingerprint density at radius 3 is 1.82 bits per heavy atom. The highest BCUT2D eigenvalue weighted by Crippen LogP contribution is 2.43. The van der Waals surface area contributed by atoms with Crippen LogP contribution in [0.15, 0.2) is 72.9 Å². The van der Waals surface area contributed by atoms with Crippen LogP contribution in [-0.2, 0) is 32.7 Å². The maximum absolute atomic E-state index is 12.7. The Morgan fingerprint density at radius 2 is 1.21 bits per heavy atom. The van der Waals surface area contributed by atoms with Crippen molar-refractivity contribution in [3.05, 3.63) is 72.9 Å². The number of hydrogen-bond acceptors (Lipinski definition) is 8. The Kier molecular flexibility index (Phi) is 36.0. The average Bonchev–Trinajstić information content (AvgIpc) is 3.15. The Hall–Kier alpha value is -2.59. The third-order valence-electron chi connectivity index (χ3n) is 8.80. The summed E-state index contributed by atoms with van der Waals surface area (Å²) in [5.74, 6) is -0.885. The average molecular weight is 823 g/mol. The summed E-state index contributed by atoms with van der Waals surface area (Å²) in [6, 6.07) is 0. The zero-order valence-electron chi connectivity index (χ0n) is 36.4. The molecule has 11 heteroatoms. The lowest BCUT2D eigenvalue weighted by atomic mass is 10.1. The number of hydrogen-bond donors (Lipinski definition) is 2. The topological polar surface area (TPSA) is 129 Å². The number of carbonyl (C=O) groups excluding carboxylic acids is 2. The number of phosphoric acid groups is 1. The third-order valence-corrected chi connectivity index (χ3v) is 9.79. The van der Waals surface area contributed by atoms with E-state index in [-0.39, 0.29) is 26.1 Å². The Balaban J connectivity index is 4.50. The van der Waals surface area contributed by atoms with Crippen molar-refractivity contribution in [2.45, 2.75) is 161 Å². The number of ether oxygens (including phenoxy) is 2. The van der Waals surface area contributed by atoms with Crippen molar-refractivity contribution in [2.75, 3.05) is 47.5 Å². The summed E-state index contributed by atoms with van der Waals surface area (Å²) >= 11 is 0. The molecule has 0 fully saturated rings. The fraction of sp³-hybridized carbons (Fsp3) is 0.696. The fourth-order valence-corrected chi connectivity index (χ4v) is 6.09. The van der Waals surface area contributed by atoms with Gasteiger partial charge in [-0.3, -0.25) is 18.6 Å². The highest BCUT2D eigenvalue weighted by Gasteiger charge is 2.27. The first-order chi connectivity index (χ1) is 27.4. The molecule has 0 bridgehead atoms. The van der Waals surface area contributed by atoms with Gasteiger partial charge in [-0.25, -0.2) is 4.57 Å². The van der Waals surface area contributed by atoms with E-state index in [1.807, 2.05) is 45.4 Å². The van der Waals surface area contributed by atoms with Gasteiger partial charge in [0.15, 0.2) is 6.10 Å². The molecule has 0 aliphatic rings. The molecule has 0 aliphatic heterocycles. The summed E-state index contributed by atoms with van der Waals surface area (Å²) in [5.41, 5.74) is 0. The maximum Gasteiger partial charge on any atom is 0.472 e. The number of quaternary nitrogens is 1. The number of phosphoric ester groups is 1. The molecule has 0 spiro atoms. The van der Waals surface area contributed by atoms with Crippen LogP contribution in [0.5, 0.6) is 0 Å². The second kappa shape index (κ2) is 37.7. The summed E-state index contributed by atoms with van der Waals surface area (Å²) < 4.78 is 34.2. The predicted molar refractivity (Wildman–Crippen MR) is 235 cm³/mol. The van der Waals surface area contributed by atoms with E-state index in [1.54, 1.807) is 6.08 Å². The van der Waals surface area contributed by atoms with Gasteiger partial charge in [0.1, 0.15) is 19.8 Å². The molecule has 0 aliphatic carbocycles. The second-order valence-electron chi connectivity index (χ2n) is 15.5. The zero-order chi connectivity index (χ0) is 42.3. The van der Waals surface area contributed by atoms with Crippen LogP contribution < -0.4 is 0 Å². The lowest BCUT2D eigenvalue weighted by Crippen LogP contribution is -2.37. The largest absolute Gasteiger partial charge is 0.472 e. The quantitative estimate of drug-likeness (QED) is 0.0156. The van der Waals surface area contributed by atoms with Crippen LogP contribution in [0.4, 0.5) is 0 Å². The molecule has 0 radical (unpaired) electrons. The highest BCUT2D eigenvalue weighted by molar-refractivity contribution is 7.47. The van der Waals surface area contributed by atoms with Crippen LogP contribution in [0.1, 0.15) is 149 Å². The monoisotopic (exact) mass is 823 g/mol. The van der Waals surface area contributed by atoms with E-state index in [1.165, 1.54) is 25.7 Å². The van der Waals surface area contributed by atoms with E-state index in [9.17, 15) is 24.2 Å². The van der Waals surface area contributed by atoms with Crippen LogP contribution in [0.3, 0.4) is 0 Å². The van der Waals surface area contributed by atoms with Crippen LogP contribution in [0.25, 0.3) is 0 Å². The van der Waals surface area contributed by atoms with Gasteiger partial charge in [0.2, 0.25) is 0 Å². The van der Waals surface area contributed by atoms with Gasteiger partial charge in [-0.2, -0.15) is 0 Å². The first-order valence-electron chi connectivity index (χ1n) is 21.8. The minimum atomic E-state index is -4.40. The number of rotatable bonds is 38. The Morgan fingerprint density at radius 1 is 0.649 bits per heavy atom. The Bertz CT molecular complexity index is 1220. The molecule has 0 saturated heterocycles. The number of aliphatic hydroxyl groups is 1. The second-order valence-corrected chi connectivity index (χ2v) is 17.0. The van der Waals surface area contributed by atoms with Crippen LogP contribution in [0.2, 0.25) is 0 Å². The molecule has 57 heavy (non-hydrogen) atoms. The van der Waals surface area contributed by atoms with Crippen LogP contribution in [-0.4, -0.2) is 86.1 Å². The molecule has 0 aromatic heterocycles. The summed E-state index contributed by atoms with van der Waals surface area (Å²) in [5, 5.41) is 9.88. The molecule has 2 N–H and O–H groups in total. The number of likely N-dealkylation sites (N-methyl/N-ethyl adjacent to an activating group) is 1. The minimum Gasteiger partial charge on any atom is -0.462 e. The van der Waals surface area contributed by atoms with Crippen molar-refractivity contribution in [3.63, 3.8) is 0 Å².